The average Bonchev–Trinajstić information content (AvgIpc) is 3.64. The maximum Gasteiger partial charge on any atom is 0.339 e. The molecule has 0 aliphatic carbocycles. The van der Waals surface area contributed by atoms with Crippen LogP contribution in [0.25, 0.3) is 17.4 Å². The standard InChI is InChI=1S/C33H32ClN3O7S/c1-7-36(8-2)31(39)28-18(3)35-33-37(29(28)23-16-20(41-4)10-14-26(23)42-5)30(38)27(45-33)17-21-11-13-25(44-21)19-9-12-24(34)22(15-19)32(40)43-6/h9-17,29H,7-8H2,1-6H3/b27-17+/t29-/m1/s1. The molecule has 0 spiro atoms. The van der Waals surface area contributed by atoms with E-state index < -0.39 is 12.0 Å². The number of fused-ring (bicyclic) bond motifs is 1. The van der Waals surface area contributed by atoms with E-state index in [1.807, 2.05) is 13.8 Å². The Labute approximate surface area is 268 Å². The van der Waals surface area contributed by atoms with Gasteiger partial charge in [-0.2, -0.15) is 0 Å². The number of rotatable bonds is 9. The van der Waals surface area contributed by atoms with Gasteiger partial charge in [0.05, 0.1) is 47.7 Å². The lowest BCUT2D eigenvalue weighted by Gasteiger charge is -2.30. The first-order chi connectivity index (χ1) is 21.6. The number of aromatic nitrogens is 1. The van der Waals surface area contributed by atoms with E-state index in [-0.39, 0.29) is 22.1 Å². The number of furan rings is 1. The molecule has 0 saturated heterocycles. The Morgan fingerprint density at radius 2 is 1.82 bits per heavy atom. The highest BCUT2D eigenvalue weighted by atomic mass is 35.5. The first kappa shape index (κ1) is 31.8. The minimum Gasteiger partial charge on any atom is -0.497 e. The highest BCUT2D eigenvalue weighted by Crippen LogP contribution is 2.38. The molecular weight excluding hydrogens is 618 g/mol. The van der Waals surface area contributed by atoms with E-state index in [0.717, 1.165) is 0 Å². The SMILES string of the molecule is CCN(CC)C(=O)C1=C(C)N=c2s/c(=C/c3ccc(-c4ccc(Cl)c(C(=O)OC)c4)o3)c(=O)n2[C@@H]1c1cc(OC)ccc1OC. The predicted octanol–water partition coefficient (Wildman–Crippen LogP) is 4.82. The van der Waals surface area contributed by atoms with Crippen LogP contribution in [0.3, 0.4) is 0 Å². The fourth-order valence-corrected chi connectivity index (χ4v) is 6.50. The van der Waals surface area contributed by atoms with E-state index in [4.69, 9.17) is 35.2 Å². The molecular formula is C33H32ClN3O7S. The molecule has 0 saturated carbocycles. The molecule has 0 unspecified atom stereocenters. The van der Waals surface area contributed by atoms with Gasteiger partial charge in [0.1, 0.15) is 29.1 Å². The molecule has 0 fully saturated rings. The number of thiazole rings is 1. The van der Waals surface area contributed by atoms with Gasteiger partial charge in [0.15, 0.2) is 4.80 Å². The van der Waals surface area contributed by atoms with E-state index in [0.29, 0.717) is 67.8 Å². The van der Waals surface area contributed by atoms with Crippen LogP contribution in [0.1, 0.15) is 48.5 Å². The maximum absolute atomic E-state index is 14.2. The summed E-state index contributed by atoms with van der Waals surface area (Å²) in [6.45, 7) is 6.58. The molecule has 45 heavy (non-hydrogen) atoms. The number of ether oxygens (including phenoxy) is 3. The van der Waals surface area contributed by atoms with Gasteiger partial charge < -0.3 is 23.5 Å². The normalized spacial score (nSPS) is 14.6. The van der Waals surface area contributed by atoms with Crippen molar-refractivity contribution in [2.75, 3.05) is 34.4 Å². The van der Waals surface area contributed by atoms with Gasteiger partial charge >= 0.3 is 5.97 Å². The summed E-state index contributed by atoms with van der Waals surface area (Å²) in [5.41, 5.74) is 1.97. The molecule has 12 heteroatoms. The molecule has 2 aromatic heterocycles. The summed E-state index contributed by atoms with van der Waals surface area (Å²) in [6, 6.07) is 12.8. The number of amides is 1. The molecule has 10 nitrogen and oxygen atoms in total. The van der Waals surface area contributed by atoms with Crippen molar-refractivity contribution in [1.29, 1.82) is 0 Å². The summed E-state index contributed by atoms with van der Waals surface area (Å²) in [7, 11) is 4.38. The molecule has 5 rings (SSSR count). The fraction of sp³-hybridized carbons (Fsp3) is 0.273. The summed E-state index contributed by atoms with van der Waals surface area (Å²) < 4.78 is 24.0. The number of hydrogen-bond acceptors (Lipinski definition) is 9. The Morgan fingerprint density at radius 3 is 2.49 bits per heavy atom. The second-order valence-electron chi connectivity index (χ2n) is 10.1. The van der Waals surface area contributed by atoms with Crippen LogP contribution in [-0.4, -0.2) is 55.8 Å². The van der Waals surface area contributed by atoms with Gasteiger partial charge in [0.2, 0.25) is 0 Å². The van der Waals surface area contributed by atoms with Gasteiger partial charge in [-0.15, -0.1) is 0 Å². The second-order valence-corrected chi connectivity index (χ2v) is 11.5. The number of hydrogen-bond donors (Lipinski definition) is 0. The van der Waals surface area contributed by atoms with Crippen molar-refractivity contribution < 1.29 is 28.2 Å². The summed E-state index contributed by atoms with van der Waals surface area (Å²) in [4.78, 5) is 47.1. The van der Waals surface area contributed by atoms with Crippen molar-refractivity contribution in [3.8, 4) is 22.8 Å². The zero-order chi connectivity index (χ0) is 32.4. The zero-order valence-corrected chi connectivity index (χ0v) is 27.2. The molecule has 1 atom stereocenters. The number of esters is 1. The second kappa shape index (κ2) is 13.2. The van der Waals surface area contributed by atoms with Crippen molar-refractivity contribution in [3.63, 3.8) is 0 Å². The van der Waals surface area contributed by atoms with Gasteiger partial charge in [-0.25, -0.2) is 9.79 Å². The minimum atomic E-state index is -0.820. The smallest absolute Gasteiger partial charge is 0.339 e. The van der Waals surface area contributed by atoms with Crippen LogP contribution >= 0.6 is 22.9 Å². The third-order valence-electron chi connectivity index (χ3n) is 7.59. The van der Waals surface area contributed by atoms with Crippen LogP contribution in [0.4, 0.5) is 0 Å². The highest BCUT2D eigenvalue weighted by molar-refractivity contribution is 7.07. The monoisotopic (exact) mass is 649 g/mol. The van der Waals surface area contributed by atoms with Crippen LogP contribution < -0.4 is 24.4 Å². The van der Waals surface area contributed by atoms with Crippen molar-refractivity contribution in [2.45, 2.75) is 26.8 Å². The van der Waals surface area contributed by atoms with Gasteiger partial charge in [-0.1, -0.05) is 22.9 Å². The largest absolute Gasteiger partial charge is 0.497 e. The lowest BCUT2D eigenvalue weighted by Crippen LogP contribution is -2.43. The molecule has 4 aromatic rings. The van der Waals surface area contributed by atoms with Gasteiger partial charge in [0, 0.05) is 30.3 Å². The maximum atomic E-state index is 14.2. The number of allylic oxidation sites excluding steroid dienone is 1. The molecule has 0 bridgehead atoms. The van der Waals surface area contributed by atoms with Crippen LogP contribution in [0.2, 0.25) is 5.02 Å². The van der Waals surface area contributed by atoms with E-state index in [1.54, 1.807) is 80.7 Å². The highest BCUT2D eigenvalue weighted by Gasteiger charge is 2.36. The first-order valence-corrected chi connectivity index (χ1v) is 15.4. The molecule has 0 radical (unpaired) electrons. The topological polar surface area (TPSA) is 113 Å². The zero-order valence-electron chi connectivity index (χ0n) is 25.7. The van der Waals surface area contributed by atoms with E-state index in [9.17, 15) is 14.4 Å². The Kier molecular flexibility index (Phi) is 9.31. The Bertz CT molecular complexity index is 2000. The van der Waals surface area contributed by atoms with Gasteiger partial charge in [-0.05, 0) is 69.3 Å². The summed E-state index contributed by atoms with van der Waals surface area (Å²) in [5.74, 6) is 1.16. The van der Waals surface area contributed by atoms with Crippen molar-refractivity contribution in [3.05, 3.63) is 101 Å². The van der Waals surface area contributed by atoms with E-state index in [1.165, 1.54) is 23.0 Å². The lowest BCUT2D eigenvalue weighted by atomic mass is 9.93. The molecule has 1 amide bonds. The Balaban J connectivity index is 1.66. The number of methoxy groups -OCH3 is 3. The van der Waals surface area contributed by atoms with Crippen LogP contribution in [0.5, 0.6) is 11.5 Å². The summed E-state index contributed by atoms with van der Waals surface area (Å²) in [6.07, 6.45) is 1.63. The van der Waals surface area contributed by atoms with Crippen molar-refractivity contribution in [1.82, 2.24) is 9.47 Å². The average molecular weight is 650 g/mol. The summed E-state index contributed by atoms with van der Waals surface area (Å²) >= 11 is 7.37. The number of halogens is 1. The van der Waals surface area contributed by atoms with E-state index >= 15 is 0 Å². The molecule has 1 aliphatic heterocycles. The number of likely N-dealkylation sites (N-methyl/N-ethyl adjacent to an activating group) is 1. The molecule has 3 heterocycles. The lowest BCUT2D eigenvalue weighted by molar-refractivity contribution is -0.127. The quantitative estimate of drug-likeness (QED) is 0.239. The van der Waals surface area contributed by atoms with Crippen LogP contribution in [-0.2, 0) is 9.53 Å². The third-order valence-corrected chi connectivity index (χ3v) is 8.90. The Hall–Kier alpha value is -4.61. The number of benzene rings is 2. The van der Waals surface area contributed by atoms with Gasteiger partial charge in [0.25, 0.3) is 11.5 Å². The minimum absolute atomic E-state index is 0.210. The van der Waals surface area contributed by atoms with Crippen LogP contribution in [0.15, 0.2) is 74.0 Å². The third kappa shape index (κ3) is 5.93. The fourth-order valence-electron chi connectivity index (χ4n) is 5.28. The first-order valence-electron chi connectivity index (χ1n) is 14.2. The summed E-state index contributed by atoms with van der Waals surface area (Å²) in [5, 5.41) is 0.259. The van der Waals surface area contributed by atoms with Crippen molar-refractivity contribution in [2.24, 2.45) is 4.99 Å². The Morgan fingerprint density at radius 1 is 1.07 bits per heavy atom. The van der Waals surface area contributed by atoms with Crippen LogP contribution in [0, 0.1) is 0 Å². The number of carbonyl (C=O) groups excluding carboxylic acids is 2. The van der Waals surface area contributed by atoms with E-state index in [2.05, 4.69) is 0 Å². The van der Waals surface area contributed by atoms with Crippen molar-refractivity contribution >= 4 is 40.9 Å². The van der Waals surface area contributed by atoms with Gasteiger partial charge in [-0.3, -0.25) is 14.2 Å². The predicted molar refractivity (Wildman–Crippen MR) is 172 cm³/mol. The number of nitrogens with zero attached hydrogens (tertiary/aromatic N) is 3. The molecule has 2 aromatic carbocycles. The molecule has 0 N–H and O–H groups in total. The molecule has 1 aliphatic rings. The number of carbonyl (C=O) groups is 2. The molecule has 234 valence electrons.